The van der Waals surface area contributed by atoms with Crippen LogP contribution < -0.4 is 5.32 Å². The molecule has 1 aromatic rings. The number of nitrogens with zero attached hydrogens (tertiary/aromatic N) is 4. The van der Waals surface area contributed by atoms with Crippen LogP contribution in [0.2, 0.25) is 0 Å². The number of nitrogens with one attached hydrogen (secondary N) is 1. The zero-order valence-electron chi connectivity index (χ0n) is 16.6. The third-order valence-electron chi connectivity index (χ3n) is 5.47. The average Bonchev–Trinajstić information content (AvgIpc) is 3.30. The zero-order valence-corrected chi connectivity index (χ0v) is 16.6. The molecule has 0 unspecified atom stereocenters. The van der Waals surface area contributed by atoms with Gasteiger partial charge in [0, 0.05) is 55.8 Å². The smallest absolute Gasteiger partial charge is 0.317 e. The monoisotopic (exact) mass is 361 g/mol. The van der Waals surface area contributed by atoms with Gasteiger partial charge in [0.05, 0.1) is 12.2 Å². The van der Waals surface area contributed by atoms with Crippen LogP contribution in [-0.4, -0.2) is 57.7 Å². The fourth-order valence-corrected chi connectivity index (χ4v) is 3.79. The van der Waals surface area contributed by atoms with Crippen LogP contribution in [-0.2, 0) is 11.3 Å². The van der Waals surface area contributed by atoms with Crippen molar-refractivity contribution in [3.63, 3.8) is 0 Å². The molecule has 0 aromatic carbocycles. The second-order valence-electron chi connectivity index (χ2n) is 8.08. The van der Waals surface area contributed by atoms with E-state index < -0.39 is 0 Å². The van der Waals surface area contributed by atoms with Crippen molar-refractivity contribution in [1.82, 2.24) is 24.9 Å². The first-order chi connectivity index (χ1) is 12.3. The Kier molecular flexibility index (Phi) is 5.25. The Morgan fingerprint density at radius 2 is 2.04 bits per heavy atom. The lowest BCUT2D eigenvalue weighted by molar-refractivity contribution is -0.128. The van der Waals surface area contributed by atoms with Crippen LogP contribution in [0.4, 0.5) is 4.79 Å². The number of aromatic nitrogens is 2. The highest BCUT2D eigenvalue weighted by molar-refractivity contribution is 5.79. The number of hydrogen-bond donors (Lipinski definition) is 1. The van der Waals surface area contributed by atoms with Crippen molar-refractivity contribution in [3.8, 4) is 0 Å². The summed E-state index contributed by atoms with van der Waals surface area (Å²) in [7, 11) is 1.80. The molecule has 0 bridgehead atoms. The molecule has 0 spiro atoms. The normalized spacial score (nSPS) is 20.2. The first-order valence-electron chi connectivity index (χ1n) is 9.61. The highest BCUT2D eigenvalue weighted by Gasteiger charge is 2.39. The second-order valence-corrected chi connectivity index (χ2v) is 8.08. The predicted octanol–water partition coefficient (Wildman–Crippen LogP) is 2.23. The summed E-state index contributed by atoms with van der Waals surface area (Å²) in [5.41, 5.74) is 3.18. The van der Waals surface area contributed by atoms with E-state index in [-0.39, 0.29) is 17.9 Å². The zero-order chi connectivity index (χ0) is 19.0. The highest BCUT2D eigenvalue weighted by atomic mass is 16.2. The van der Waals surface area contributed by atoms with Gasteiger partial charge in [-0.05, 0) is 40.5 Å². The maximum absolute atomic E-state index is 12.5. The third kappa shape index (κ3) is 3.86. The molecule has 2 fully saturated rings. The van der Waals surface area contributed by atoms with Crippen molar-refractivity contribution in [3.05, 3.63) is 17.0 Å². The molecule has 144 valence electrons. The molecule has 1 aliphatic heterocycles. The van der Waals surface area contributed by atoms with Crippen LogP contribution in [0.3, 0.4) is 0 Å². The summed E-state index contributed by atoms with van der Waals surface area (Å²) in [6.07, 6.45) is 2.83. The SMILES string of the molecule is Cc1nn(C(C)C)c(C)c1CN(C)C(=O)NC[C@@H]1CC(=O)N(C2CC2)C1. The van der Waals surface area contributed by atoms with E-state index in [0.717, 1.165) is 36.3 Å². The van der Waals surface area contributed by atoms with Crippen LogP contribution in [0.5, 0.6) is 0 Å². The number of likely N-dealkylation sites (tertiary alicyclic amines) is 1. The molecule has 2 heterocycles. The van der Waals surface area contributed by atoms with Gasteiger partial charge in [-0.2, -0.15) is 5.10 Å². The number of rotatable bonds is 6. The fourth-order valence-electron chi connectivity index (χ4n) is 3.79. The molecule has 1 N–H and O–H groups in total. The predicted molar refractivity (Wildman–Crippen MR) is 99.8 cm³/mol. The molecule has 3 amide bonds. The van der Waals surface area contributed by atoms with Gasteiger partial charge in [-0.15, -0.1) is 0 Å². The third-order valence-corrected chi connectivity index (χ3v) is 5.47. The average molecular weight is 361 g/mol. The lowest BCUT2D eigenvalue weighted by atomic mass is 10.1. The summed E-state index contributed by atoms with van der Waals surface area (Å²) in [4.78, 5) is 28.2. The number of urea groups is 1. The van der Waals surface area contributed by atoms with E-state index in [9.17, 15) is 9.59 Å². The first-order valence-corrected chi connectivity index (χ1v) is 9.61. The Balaban J connectivity index is 1.51. The Morgan fingerprint density at radius 3 is 2.62 bits per heavy atom. The molecule has 26 heavy (non-hydrogen) atoms. The van der Waals surface area contributed by atoms with Crippen molar-refractivity contribution in [1.29, 1.82) is 0 Å². The number of carbonyl (C=O) groups is 2. The Labute approximate surface area is 155 Å². The minimum atomic E-state index is -0.0987. The van der Waals surface area contributed by atoms with E-state index in [1.807, 2.05) is 16.5 Å². The summed E-state index contributed by atoms with van der Waals surface area (Å²) < 4.78 is 2.01. The molecule has 7 nitrogen and oxygen atoms in total. The molecule has 3 rings (SSSR count). The molecule has 1 saturated heterocycles. The van der Waals surface area contributed by atoms with Gasteiger partial charge in [0.2, 0.25) is 5.91 Å². The maximum Gasteiger partial charge on any atom is 0.317 e. The van der Waals surface area contributed by atoms with Crippen LogP contribution in [0.25, 0.3) is 0 Å². The minimum Gasteiger partial charge on any atom is -0.339 e. The summed E-state index contributed by atoms with van der Waals surface area (Å²) in [6, 6.07) is 0.670. The van der Waals surface area contributed by atoms with Gasteiger partial charge in [-0.25, -0.2) is 4.79 Å². The van der Waals surface area contributed by atoms with Crippen molar-refractivity contribution < 1.29 is 9.59 Å². The van der Waals surface area contributed by atoms with Crippen LogP contribution in [0, 0.1) is 19.8 Å². The van der Waals surface area contributed by atoms with E-state index in [0.29, 0.717) is 31.6 Å². The van der Waals surface area contributed by atoms with Gasteiger partial charge in [0.1, 0.15) is 0 Å². The van der Waals surface area contributed by atoms with Crippen molar-refractivity contribution in [2.24, 2.45) is 5.92 Å². The summed E-state index contributed by atoms with van der Waals surface area (Å²) in [6.45, 7) is 10.1. The van der Waals surface area contributed by atoms with E-state index in [1.165, 1.54) is 0 Å². The van der Waals surface area contributed by atoms with Crippen molar-refractivity contribution >= 4 is 11.9 Å². The van der Waals surface area contributed by atoms with Crippen molar-refractivity contribution in [2.75, 3.05) is 20.1 Å². The molecular formula is C19H31N5O2. The van der Waals surface area contributed by atoms with E-state index >= 15 is 0 Å². The van der Waals surface area contributed by atoms with Gasteiger partial charge < -0.3 is 15.1 Å². The maximum atomic E-state index is 12.5. The van der Waals surface area contributed by atoms with Gasteiger partial charge in [-0.1, -0.05) is 0 Å². The topological polar surface area (TPSA) is 70.5 Å². The number of carbonyl (C=O) groups excluding carboxylic acids is 2. The highest BCUT2D eigenvalue weighted by Crippen LogP contribution is 2.32. The van der Waals surface area contributed by atoms with Crippen molar-refractivity contribution in [2.45, 2.75) is 65.6 Å². The molecular weight excluding hydrogens is 330 g/mol. The lowest BCUT2D eigenvalue weighted by Gasteiger charge is -2.20. The van der Waals surface area contributed by atoms with Gasteiger partial charge in [-0.3, -0.25) is 9.48 Å². The molecule has 0 radical (unpaired) electrons. The number of aryl methyl sites for hydroxylation is 1. The summed E-state index contributed by atoms with van der Waals surface area (Å²) >= 11 is 0. The lowest BCUT2D eigenvalue weighted by Crippen LogP contribution is -2.40. The van der Waals surface area contributed by atoms with E-state index in [4.69, 9.17) is 0 Å². The molecule has 1 saturated carbocycles. The first kappa shape index (κ1) is 18.7. The number of amides is 3. The Morgan fingerprint density at radius 1 is 1.35 bits per heavy atom. The van der Waals surface area contributed by atoms with Gasteiger partial charge >= 0.3 is 6.03 Å². The largest absolute Gasteiger partial charge is 0.339 e. The van der Waals surface area contributed by atoms with E-state index in [2.05, 4.69) is 31.2 Å². The molecule has 1 aromatic heterocycles. The van der Waals surface area contributed by atoms with E-state index in [1.54, 1.807) is 11.9 Å². The van der Waals surface area contributed by atoms with Crippen LogP contribution in [0.15, 0.2) is 0 Å². The molecule has 7 heteroatoms. The second kappa shape index (κ2) is 7.29. The fraction of sp³-hybridized carbons (Fsp3) is 0.737. The summed E-state index contributed by atoms with van der Waals surface area (Å²) in [5.74, 6) is 0.472. The Hall–Kier alpha value is -2.05. The Bertz CT molecular complexity index is 692. The van der Waals surface area contributed by atoms with Crippen LogP contribution >= 0.6 is 0 Å². The standard InChI is InChI=1S/C19H31N5O2/c1-12(2)24-14(4)17(13(3)21-24)11-22(5)19(26)20-9-15-8-18(25)23(10-15)16-6-7-16/h12,15-16H,6-11H2,1-5H3,(H,20,26)/t15-/m0/s1. The summed E-state index contributed by atoms with van der Waals surface area (Å²) in [5, 5.41) is 7.58. The quantitative estimate of drug-likeness (QED) is 0.845. The minimum absolute atomic E-state index is 0.0987. The molecule has 1 aliphatic carbocycles. The van der Waals surface area contributed by atoms with Gasteiger partial charge in [0.15, 0.2) is 0 Å². The van der Waals surface area contributed by atoms with Crippen LogP contribution in [0.1, 0.15) is 56.1 Å². The molecule has 1 atom stereocenters. The number of hydrogen-bond acceptors (Lipinski definition) is 3. The van der Waals surface area contributed by atoms with Gasteiger partial charge in [0.25, 0.3) is 0 Å². The molecule has 2 aliphatic rings.